The number of esters is 1. The van der Waals surface area contributed by atoms with Crippen LogP contribution in [0.15, 0.2) is 35.0 Å². The molecule has 2 heterocycles. The number of carbonyl (C=O) groups is 1. The summed E-state index contributed by atoms with van der Waals surface area (Å²) in [6.45, 7) is 5.92. The van der Waals surface area contributed by atoms with E-state index in [0.717, 1.165) is 22.4 Å². The van der Waals surface area contributed by atoms with E-state index in [1.165, 1.54) is 5.56 Å². The van der Waals surface area contributed by atoms with Gasteiger partial charge in [-0.05, 0) is 61.7 Å². The largest absolute Gasteiger partial charge is 0.402 e. The summed E-state index contributed by atoms with van der Waals surface area (Å²) < 4.78 is 7.08. The fourth-order valence-corrected chi connectivity index (χ4v) is 2.53. The summed E-state index contributed by atoms with van der Waals surface area (Å²) in [6, 6.07) is 9.67. The van der Waals surface area contributed by atoms with E-state index in [1.54, 1.807) is 16.7 Å². The van der Waals surface area contributed by atoms with Crippen molar-refractivity contribution in [2.45, 2.75) is 20.8 Å². The van der Waals surface area contributed by atoms with Gasteiger partial charge in [0.2, 0.25) is 5.90 Å². The maximum atomic E-state index is 12.1. The minimum Gasteiger partial charge on any atom is -0.402 e. The van der Waals surface area contributed by atoms with Gasteiger partial charge in [-0.3, -0.25) is 0 Å². The number of cyclic esters (lactones) is 1. The van der Waals surface area contributed by atoms with Crippen LogP contribution in [-0.4, -0.2) is 16.4 Å². The van der Waals surface area contributed by atoms with Crippen LogP contribution in [0.2, 0.25) is 0 Å². The van der Waals surface area contributed by atoms with E-state index in [0.29, 0.717) is 11.6 Å². The van der Waals surface area contributed by atoms with E-state index in [2.05, 4.69) is 11.1 Å². The number of benzene rings is 1. The molecule has 0 amide bonds. The third-order valence-corrected chi connectivity index (χ3v) is 4.36. The monoisotopic (exact) mass is 319 g/mol. The molecule has 0 radical (unpaired) electrons. The first-order chi connectivity index (χ1) is 11.4. The van der Waals surface area contributed by atoms with Gasteiger partial charge >= 0.3 is 5.97 Å². The fraction of sp³-hybridized carbons (Fsp3) is 0.211. The summed E-state index contributed by atoms with van der Waals surface area (Å²) in [4.78, 5) is 16.4. The fourth-order valence-electron chi connectivity index (χ4n) is 2.53. The molecule has 0 saturated heterocycles. The third-order valence-electron chi connectivity index (χ3n) is 4.36. The Morgan fingerprint density at radius 3 is 2.58 bits per heavy atom. The molecule has 0 saturated carbocycles. The van der Waals surface area contributed by atoms with Gasteiger partial charge in [-0.1, -0.05) is 6.07 Å². The van der Waals surface area contributed by atoms with Gasteiger partial charge in [-0.25, -0.2) is 9.79 Å². The van der Waals surface area contributed by atoms with Crippen molar-refractivity contribution in [3.8, 4) is 6.07 Å². The Kier molecular flexibility index (Phi) is 3.82. The first-order valence-corrected chi connectivity index (χ1v) is 7.57. The molecule has 1 aliphatic heterocycles. The number of aliphatic imine (C=N–C) groups is 1. The lowest BCUT2D eigenvalue weighted by Crippen LogP contribution is -2.05. The lowest BCUT2D eigenvalue weighted by Gasteiger charge is -2.03. The van der Waals surface area contributed by atoms with Gasteiger partial charge in [0.25, 0.3) is 0 Å². The standard InChI is InChI=1S/C19H17N3O2/c1-11-5-6-14(7-12(11)2)18-21-17(19(23)24-18)9-15-8-16(10-20)22(4)13(15)3/h5-9H,1-4H3/b17-9-. The van der Waals surface area contributed by atoms with Crippen molar-refractivity contribution >= 4 is 17.9 Å². The van der Waals surface area contributed by atoms with Crippen molar-refractivity contribution in [2.24, 2.45) is 12.0 Å². The highest BCUT2D eigenvalue weighted by atomic mass is 16.6. The van der Waals surface area contributed by atoms with Crippen molar-refractivity contribution in [3.63, 3.8) is 0 Å². The predicted octanol–water partition coefficient (Wildman–Crippen LogP) is 3.17. The zero-order valence-corrected chi connectivity index (χ0v) is 14.0. The molecular formula is C19H17N3O2. The lowest BCUT2D eigenvalue weighted by atomic mass is 10.1. The van der Waals surface area contributed by atoms with Gasteiger partial charge in [0.15, 0.2) is 5.70 Å². The van der Waals surface area contributed by atoms with E-state index in [4.69, 9.17) is 10.00 Å². The Hall–Kier alpha value is -3.13. The number of aryl methyl sites for hydroxylation is 2. The molecule has 1 aliphatic rings. The minimum atomic E-state index is -0.481. The maximum absolute atomic E-state index is 12.1. The van der Waals surface area contributed by atoms with Gasteiger partial charge in [0.05, 0.1) is 0 Å². The van der Waals surface area contributed by atoms with Crippen molar-refractivity contribution < 1.29 is 9.53 Å². The summed E-state index contributed by atoms with van der Waals surface area (Å²) in [5.41, 5.74) is 5.50. The minimum absolute atomic E-state index is 0.237. The molecule has 2 aromatic rings. The maximum Gasteiger partial charge on any atom is 0.363 e. The molecule has 5 nitrogen and oxygen atoms in total. The van der Waals surface area contributed by atoms with Gasteiger partial charge in [-0.15, -0.1) is 0 Å². The lowest BCUT2D eigenvalue weighted by molar-refractivity contribution is -0.129. The second-order valence-electron chi connectivity index (χ2n) is 5.88. The number of rotatable bonds is 2. The molecule has 1 aromatic heterocycles. The average molecular weight is 319 g/mol. The summed E-state index contributed by atoms with van der Waals surface area (Å²) in [5.74, 6) is -0.173. The zero-order valence-electron chi connectivity index (χ0n) is 14.0. The van der Waals surface area contributed by atoms with Crippen LogP contribution in [0.25, 0.3) is 6.08 Å². The van der Waals surface area contributed by atoms with Crippen LogP contribution >= 0.6 is 0 Å². The van der Waals surface area contributed by atoms with Crippen LogP contribution in [0.5, 0.6) is 0 Å². The number of nitriles is 1. The van der Waals surface area contributed by atoms with E-state index in [1.807, 2.05) is 46.0 Å². The third kappa shape index (κ3) is 2.63. The molecule has 0 unspecified atom stereocenters. The van der Waals surface area contributed by atoms with Crippen LogP contribution < -0.4 is 0 Å². The highest BCUT2D eigenvalue weighted by molar-refractivity contribution is 6.13. The predicted molar refractivity (Wildman–Crippen MR) is 91.4 cm³/mol. The molecule has 0 bridgehead atoms. The normalized spacial score (nSPS) is 15.4. The molecule has 120 valence electrons. The number of aromatic nitrogens is 1. The van der Waals surface area contributed by atoms with Crippen LogP contribution in [0.3, 0.4) is 0 Å². The number of hydrogen-bond acceptors (Lipinski definition) is 4. The highest BCUT2D eigenvalue weighted by Crippen LogP contribution is 2.23. The Bertz CT molecular complexity index is 956. The smallest absolute Gasteiger partial charge is 0.363 e. The molecule has 0 spiro atoms. The molecule has 5 heteroatoms. The number of nitrogens with zero attached hydrogens (tertiary/aromatic N) is 3. The summed E-state index contributed by atoms with van der Waals surface area (Å²) in [5, 5.41) is 9.10. The van der Waals surface area contributed by atoms with E-state index in [-0.39, 0.29) is 5.70 Å². The highest BCUT2D eigenvalue weighted by Gasteiger charge is 2.25. The molecule has 3 rings (SSSR count). The van der Waals surface area contributed by atoms with E-state index in [9.17, 15) is 4.79 Å². The molecular weight excluding hydrogens is 302 g/mol. The van der Waals surface area contributed by atoms with Crippen LogP contribution in [0.1, 0.15) is 33.6 Å². The Morgan fingerprint density at radius 1 is 1.21 bits per heavy atom. The van der Waals surface area contributed by atoms with Crippen molar-refractivity contribution in [1.29, 1.82) is 5.26 Å². The topological polar surface area (TPSA) is 67.4 Å². The molecule has 1 aromatic carbocycles. The van der Waals surface area contributed by atoms with E-state index < -0.39 is 5.97 Å². The van der Waals surface area contributed by atoms with Gasteiger partial charge in [0.1, 0.15) is 11.8 Å². The quantitative estimate of drug-likeness (QED) is 0.631. The second-order valence-corrected chi connectivity index (χ2v) is 5.88. The summed E-state index contributed by atoms with van der Waals surface area (Å²) in [6.07, 6.45) is 1.66. The van der Waals surface area contributed by atoms with Crippen LogP contribution in [0, 0.1) is 32.1 Å². The second kappa shape index (κ2) is 5.82. The Balaban J connectivity index is 2.00. The first-order valence-electron chi connectivity index (χ1n) is 7.57. The van der Waals surface area contributed by atoms with Gasteiger partial charge in [-0.2, -0.15) is 5.26 Å². The molecule has 0 atom stereocenters. The van der Waals surface area contributed by atoms with Gasteiger partial charge < -0.3 is 9.30 Å². The molecule has 0 aliphatic carbocycles. The van der Waals surface area contributed by atoms with Gasteiger partial charge in [0, 0.05) is 18.3 Å². The number of hydrogen-bond donors (Lipinski definition) is 0. The van der Waals surface area contributed by atoms with Crippen molar-refractivity contribution in [2.75, 3.05) is 0 Å². The zero-order chi connectivity index (χ0) is 17.4. The summed E-state index contributed by atoms with van der Waals surface area (Å²) >= 11 is 0. The van der Waals surface area contributed by atoms with Crippen LogP contribution in [-0.2, 0) is 16.6 Å². The molecule has 0 fully saturated rings. The van der Waals surface area contributed by atoms with Crippen molar-refractivity contribution in [1.82, 2.24) is 4.57 Å². The molecule has 0 N–H and O–H groups in total. The molecule has 24 heavy (non-hydrogen) atoms. The number of carbonyl (C=O) groups excluding carboxylic acids is 1. The van der Waals surface area contributed by atoms with Crippen molar-refractivity contribution in [3.05, 3.63) is 63.6 Å². The Morgan fingerprint density at radius 2 is 1.96 bits per heavy atom. The number of ether oxygens (including phenoxy) is 1. The SMILES string of the molecule is Cc1ccc(C2=N/C(=C\c3cc(C#N)n(C)c3C)C(=O)O2)cc1C. The van der Waals surface area contributed by atoms with E-state index >= 15 is 0 Å². The van der Waals surface area contributed by atoms with Crippen LogP contribution in [0.4, 0.5) is 0 Å². The summed E-state index contributed by atoms with van der Waals surface area (Å²) in [7, 11) is 1.81. The first kappa shape index (κ1) is 15.8. The average Bonchev–Trinajstić information content (AvgIpc) is 3.05. The Labute approximate surface area is 140 Å².